The third kappa shape index (κ3) is 3.62. The second kappa shape index (κ2) is 7.16. The maximum absolute atomic E-state index is 4.87. The number of hydrogen-bond donors (Lipinski definition) is 0. The van der Waals surface area contributed by atoms with Crippen LogP contribution in [0.3, 0.4) is 0 Å². The molecule has 1 unspecified atom stereocenters. The Kier molecular flexibility index (Phi) is 4.57. The van der Waals surface area contributed by atoms with Crippen molar-refractivity contribution in [2.75, 3.05) is 0 Å². The quantitative estimate of drug-likeness (QED) is 0.538. The maximum atomic E-state index is 4.87. The molecule has 3 heteroatoms. The minimum Gasteiger partial charge on any atom is -0.232 e. The lowest BCUT2D eigenvalue weighted by Gasteiger charge is -2.16. The van der Waals surface area contributed by atoms with Crippen LogP contribution in [-0.2, 0) is 0 Å². The first kappa shape index (κ1) is 16.0. The van der Waals surface area contributed by atoms with E-state index in [1.54, 1.807) is 0 Å². The highest BCUT2D eigenvalue weighted by molar-refractivity contribution is 9.11. The average molecular weight is 389 g/mol. The average Bonchev–Trinajstić information content (AvgIpc) is 2.69. The molecule has 0 saturated heterocycles. The van der Waals surface area contributed by atoms with Crippen LogP contribution in [0.1, 0.15) is 18.2 Å². The van der Waals surface area contributed by atoms with Crippen LogP contribution in [0.2, 0.25) is 0 Å². The van der Waals surface area contributed by atoms with E-state index in [1.165, 1.54) is 0 Å². The number of aromatic nitrogens is 2. The van der Waals surface area contributed by atoms with E-state index in [1.807, 2.05) is 36.4 Å². The van der Waals surface area contributed by atoms with Gasteiger partial charge in [-0.15, -0.1) is 0 Å². The van der Waals surface area contributed by atoms with Gasteiger partial charge in [0.1, 0.15) is 5.82 Å². The van der Waals surface area contributed by atoms with Crippen LogP contribution in [-0.4, -0.2) is 9.97 Å². The third-order valence-corrected chi connectivity index (χ3v) is 4.86. The summed E-state index contributed by atoms with van der Waals surface area (Å²) in [6, 6.07) is 22.7. The molecule has 1 atom stereocenters. The number of hydrogen-bond acceptors (Lipinski definition) is 2. The Morgan fingerprint density at radius 2 is 1.36 bits per heavy atom. The SMILES string of the molecule is BrC1=CCC(c2nc(-c3ccccc3)cc(-c3ccccc3)n2)C=C1. The zero-order chi connectivity index (χ0) is 17.1. The van der Waals surface area contributed by atoms with Gasteiger partial charge in [0.05, 0.1) is 11.4 Å². The molecule has 3 aromatic rings. The van der Waals surface area contributed by atoms with E-state index in [-0.39, 0.29) is 5.92 Å². The molecule has 4 rings (SSSR count). The fourth-order valence-electron chi connectivity index (χ4n) is 2.93. The van der Waals surface area contributed by atoms with E-state index in [2.05, 4.69) is 64.5 Å². The Labute approximate surface area is 156 Å². The summed E-state index contributed by atoms with van der Waals surface area (Å²) >= 11 is 3.52. The lowest BCUT2D eigenvalue weighted by molar-refractivity contribution is 0.774. The topological polar surface area (TPSA) is 25.8 Å². The van der Waals surface area contributed by atoms with Gasteiger partial charge in [-0.05, 0) is 12.5 Å². The Bertz CT molecular complexity index is 873. The van der Waals surface area contributed by atoms with Gasteiger partial charge >= 0.3 is 0 Å². The molecule has 0 bridgehead atoms. The van der Waals surface area contributed by atoms with E-state index in [9.17, 15) is 0 Å². The van der Waals surface area contributed by atoms with Crippen LogP contribution in [0.4, 0.5) is 0 Å². The zero-order valence-electron chi connectivity index (χ0n) is 13.6. The Balaban J connectivity index is 1.82. The maximum Gasteiger partial charge on any atom is 0.136 e. The van der Waals surface area contributed by atoms with Crippen LogP contribution < -0.4 is 0 Å². The monoisotopic (exact) mass is 388 g/mol. The standard InChI is InChI=1S/C22H17BrN2/c23-19-13-11-18(12-14-19)22-24-20(16-7-3-1-4-8-16)15-21(25-22)17-9-5-2-6-10-17/h1-11,13-15,18H,12H2. The van der Waals surface area contributed by atoms with Crippen molar-refractivity contribution in [1.29, 1.82) is 0 Å². The normalized spacial score (nSPS) is 16.5. The Morgan fingerprint density at radius 1 is 0.800 bits per heavy atom. The molecule has 0 spiro atoms. The fraction of sp³-hybridized carbons (Fsp3) is 0.0909. The molecule has 1 aliphatic carbocycles. The van der Waals surface area contributed by atoms with Gasteiger partial charge in [-0.1, -0.05) is 94.8 Å². The Morgan fingerprint density at radius 3 is 1.84 bits per heavy atom. The molecule has 25 heavy (non-hydrogen) atoms. The van der Waals surface area contributed by atoms with Crippen molar-refractivity contribution in [1.82, 2.24) is 9.97 Å². The van der Waals surface area contributed by atoms with Gasteiger partial charge in [-0.2, -0.15) is 0 Å². The van der Waals surface area contributed by atoms with E-state index < -0.39 is 0 Å². The van der Waals surface area contributed by atoms with Crippen molar-refractivity contribution in [2.24, 2.45) is 0 Å². The van der Waals surface area contributed by atoms with Gasteiger partial charge in [-0.25, -0.2) is 9.97 Å². The summed E-state index contributed by atoms with van der Waals surface area (Å²) in [4.78, 5) is 9.74. The van der Waals surface area contributed by atoms with Crippen molar-refractivity contribution < 1.29 is 0 Å². The van der Waals surface area contributed by atoms with Crippen molar-refractivity contribution in [3.63, 3.8) is 0 Å². The number of allylic oxidation sites excluding steroid dienone is 4. The summed E-state index contributed by atoms with van der Waals surface area (Å²) in [5, 5.41) is 0. The van der Waals surface area contributed by atoms with Crippen molar-refractivity contribution in [3.8, 4) is 22.5 Å². The molecule has 0 amide bonds. The molecule has 122 valence electrons. The predicted molar refractivity (Wildman–Crippen MR) is 106 cm³/mol. The van der Waals surface area contributed by atoms with Crippen LogP contribution in [0.5, 0.6) is 0 Å². The van der Waals surface area contributed by atoms with E-state index in [0.29, 0.717) is 0 Å². The minimum atomic E-state index is 0.201. The molecule has 1 aromatic heterocycles. The second-order valence-corrected chi connectivity index (χ2v) is 6.93. The molecule has 1 aliphatic rings. The lowest BCUT2D eigenvalue weighted by atomic mass is 9.99. The molecule has 2 nitrogen and oxygen atoms in total. The molecule has 0 saturated carbocycles. The first-order chi connectivity index (χ1) is 12.3. The summed E-state index contributed by atoms with van der Waals surface area (Å²) in [6.45, 7) is 0. The van der Waals surface area contributed by atoms with E-state index in [4.69, 9.17) is 9.97 Å². The van der Waals surface area contributed by atoms with Crippen molar-refractivity contribution in [2.45, 2.75) is 12.3 Å². The molecule has 1 heterocycles. The Hall–Kier alpha value is -2.52. The summed E-state index contributed by atoms with van der Waals surface area (Å²) < 4.78 is 1.12. The highest BCUT2D eigenvalue weighted by Crippen LogP contribution is 2.30. The molecule has 2 aromatic carbocycles. The molecule has 0 radical (unpaired) electrons. The lowest BCUT2D eigenvalue weighted by Crippen LogP contribution is -2.06. The molecule has 0 aliphatic heterocycles. The second-order valence-electron chi connectivity index (χ2n) is 6.02. The van der Waals surface area contributed by atoms with E-state index >= 15 is 0 Å². The van der Waals surface area contributed by atoms with Gasteiger partial charge in [0.2, 0.25) is 0 Å². The molecular formula is C22H17BrN2. The smallest absolute Gasteiger partial charge is 0.136 e. The first-order valence-electron chi connectivity index (χ1n) is 8.33. The largest absolute Gasteiger partial charge is 0.232 e. The van der Waals surface area contributed by atoms with Crippen molar-refractivity contribution in [3.05, 3.63) is 95.3 Å². The van der Waals surface area contributed by atoms with Gasteiger partial charge in [0, 0.05) is 21.5 Å². The fourth-order valence-corrected chi connectivity index (χ4v) is 3.27. The highest BCUT2D eigenvalue weighted by Gasteiger charge is 2.16. The van der Waals surface area contributed by atoms with E-state index in [0.717, 1.165) is 39.2 Å². The number of nitrogens with zero attached hydrogens (tertiary/aromatic N) is 2. The molecule has 0 fully saturated rings. The summed E-state index contributed by atoms with van der Waals surface area (Å²) in [5.41, 5.74) is 4.15. The zero-order valence-corrected chi connectivity index (χ0v) is 15.2. The van der Waals surface area contributed by atoms with Gasteiger partial charge in [-0.3, -0.25) is 0 Å². The number of halogens is 1. The molecular weight excluding hydrogens is 372 g/mol. The van der Waals surface area contributed by atoms with Gasteiger partial charge in [0.15, 0.2) is 0 Å². The van der Waals surface area contributed by atoms with Crippen LogP contribution >= 0.6 is 15.9 Å². The predicted octanol–water partition coefficient (Wildman–Crippen LogP) is 6.13. The number of benzene rings is 2. The molecule has 0 N–H and O–H groups in total. The van der Waals surface area contributed by atoms with Crippen LogP contribution in [0.25, 0.3) is 22.5 Å². The number of rotatable bonds is 3. The van der Waals surface area contributed by atoms with Crippen LogP contribution in [0, 0.1) is 0 Å². The summed E-state index contributed by atoms with van der Waals surface area (Å²) in [7, 11) is 0. The van der Waals surface area contributed by atoms with Crippen molar-refractivity contribution >= 4 is 15.9 Å². The highest BCUT2D eigenvalue weighted by atomic mass is 79.9. The third-order valence-electron chi connectivity index (χ3n) is 4.27. The van der Waals surface area contributed by atoms with Crippen LogP contribution in [0.15, 0.2) is 89.4 Å². The summed E-state index contributed by atoms with van der Waals surface area (Å²) in [6.07, 6.45) is 7.33. The van der Waals surface area contributed by atoms with Gasteiger partial charge < -0.3 is 0 Å². The van der Waals surface area contributed by atoms with Gasteiger partial charge in [0.25, 0.3) is 0 Å². The first-order valence-corrected chi connectivity index (χ1v) is 9.12. The minimum absolute atomic E-state index is 0.201. The summed E-state index contributed by atoms with van der Waals surface area (Å²) in [5.74, 6) is 1.07.